The van der Waals surface area contributed by atoms with Gasteiger partial charge in [0.15, 0.2) is 5.65 Å². The number of benzene rings is 2. The van der Waals surface area contributed by atoms with E-state index in [9.17, 15) is 22.8 Å². The molecule has 1 aliphatic rings. The van der Waals surface area contributed by atoms with Crippen LogP contribution in [-0.4, -0.2) is 75.7 Å². The van der Waals surface area contributed by atoms with E-state index in [1.807, 2.05) is 18.2 Å². The van der Waals surface area contributed by atoms with Gasteiger partial charge in [-0.05, 0) is 30.3 Å². The number of amides is 4. The molecule has 44 heavy (non-hydrogen) atoms. The first-order chi connectivity index (χ1) is 21.1. The third-order valence-electron chi connectivity index (χ3n) is 6.88. The summed E-state index contributed by atoms with van der Waals surface area (Å²) in [5.74, 6) is 0. The Morgan fingerprint density at radius 3 is 2.48 bits per heavy atom. The summed E-state index contributed by atoms with van der Waals surface area (Å²) < 4.78 is 38.7. The fourth-order valence-electron chi connectivity index (χ4n) is 4.56. The number of urea groups is 2. The third-order valence-corrected chi connectivity index (χ3v) is 6.88. The number of rotatable bonds is 8. The smallest absolute Gasteiger partial charge is 0.404 e. The Balaban J connectivity index is 1.26. The number of imidazole rings is 1. The number of carbonyl (C=O) groups excluding carboxylic acids is 2. The van der Waals surface area contributed by atoms with E-state index in [1.54, 1.807) is 75.8 Å². The molecule has 0 unspecified atom stereocenters. The van der Waals surface area contributed by atoms with Crippen LogP contribution >= 0.6 is 0 Å². The zero-order valence-electron chi connectivity index (χ0n) is 23.3. The topological polar surface area (TPSA) is 168 Å². The van der Waals surface area contributed by atoms with Gasteiger partial charge in [-0.25, -0.2) is 19.1 Å². The molecule has 5 rings (SSSR count). The first kappa shape index (κ1) is 30.0. The lowest BCUT2D eigenvalue weighted by atomic mass is 9.91. The van der Waals surface area contributed by atoms with Crippen LogP contribution in [0.4, 0.5) is 34.1 Å². The lowest BCUT2D eigenvalue weighted by Crippen LogP contribution is -2.66. The van der Waals surface area contributed by atoms with Crippen LogP contribution in [0.3, 0.4) is 0 Å². The van der Waals surface area contributed by atoms with Crippen LogP contribution in [0.5, 0.6) is 0 Å². The number of aromatic nitrogens is 3. The summed E-state index contributed by atoms with van der Waals surface area (Å²) in [4.78, 5) is 35.2. The monoisotopic (exact) mass is 606 g/mol. The van der Waals surface area contributed by atoms with Crippen LogP contribution in [0.1, 0.15) is 5.56 Å². The van der Waals surface area contributed by atoms with Gasteiger partial charge in [0.1, 0.15) is 12.1 Å². The second-order valence-corrected chi connectivity index (χ2v) is 10.1. The van der Waals surface area contributed by atoms with Gasteiger partial charge >= 0.3 is 18.2 Å². The normalized spacial score (nSPS) is 14.8. The van der Waals surface area contributed by atoms with Crippen molar-refractivity contribution in [1.29, 1.82) is 0 Å². The summed E-state index contributed by atoms with van der Waals surface area (Å²) in [6.45, 7) is -0.528. The average molecular weight is 607 g/mol. The SMILES string of the molecule is NC=C(C=NC1(CN)CN(C(=O)Nc2ccccc2)C1)c1cnn2c(-c3cccc(NC(=O)NCC(F)(F)F)c3)cnc2c1. The van der Waals surface area contributed by atoms with Gasteiger partial charge in [-0.3, -0.25) is 4.99 Å². The molecule has 0 aliphatic carbocycles. The molecule has 4 amide bonds. The van der Waals surface area contributed by atoms with Crippen LogP contribution in [0.25, 0.3) is 22.5 Å². The molecule has 0 bridgehead atoms. The lowest BCUT2D eigenvalue weighted by molar-refractivity contribution is -0.122. The van der Waals surface area contributed by atoms with E-state index >= 15 is 0 Å². The Morgan fingerprint density at radius 2 is 1.77 bits per heavy atom. The van der Waals surface area contributed by atoms with Crippen molar-refractivity contribution in [2.75, 3.05) is 36.8 Å². The summed E-state index contributed by atoms with van der Waals surface area (Å²) in [6.07, 6.45) is 1.65. The first-order valence-electron chi connectivity index (χ1n) is 13.4. The summed E-state index contributed by atoms with van der Waals surface area (Å²) in [5.41, 5.74) is 15.2. The number of anilines is 2. The molecule has 228 valence electrons. The highest BCUT2D eigenvalue weighted by Gasteiger charge is 2.44. The number of nitrogens with one attached hydrogen (secondary N) is 3. The predicted molar refractivity (Wildman–Crippen MR) is 161 cm³/mol. The molecule has 0 atom stereocenters. The number of hydrogen-bond donors (Lipinski definition) is 5. The summed E-state index contributed by atoms with van der Waals surface area (Å²) >= 11 is 0. The number of para-hydroxylation sites is 1. The second kappa shape index (κ2) is 12.4. The van der Waals surface area contributed by atoms with E-state index in [2.05, 4.69) is 25.7 Å². The molecular formula is C29H29F3N10O2. The maximum absolute atomic E-state index is 12.6. The van der Waals surface area contributed by atoms with Gasteiger partial charge in [0.25, 0.3) is 0 Å². The molecule has 1 saturated heterocycles. The van der Waals surface area contributed by atoms with Gasteiger partial charge in [0.05, 0.1) is 31.2 Å². The Morgan fingerprint density at radius 1 is 1.02 bits per heavy atom. The molecule has 7 N–H and O–H groups in total. The number of allylic oxidation sites excluding steroid dienone is 1. The van der Waals surface area contributed by atoms with Crippen LogP contribution in [0.15, 0.2) is 84.2 Å². The molecule has 1 aliphatic heterocycles. The maximum atomic E-state index is 12.6. The Bertz CT molecular complexity index is 1710. The van der Waals surface area contributed by atoms with Crippen molar-refractivity contribution in [2.45, 2.75) is 11.7 Å². The van der Waals surface area contributed by atoms with E-state index < -0.39 is 24.3 Å². The van der Waals surface area contributed by atoms with Crippen molar-refractivity contribution in [1.82, 2.24) is 24.8 Å². The number of aliphatic imine (C=N–C) groups is 1. The molecule has 4 aromatic rings. The molecule has 15 heteroatoms. The fraction of sp³-hybridized carbons (Fsp3) is 0.207. The zero-order chi connectivity index (χ0) is 31.3. The van der Waals surface area contributed by atoms with Gasteiger partial charge in [0, 0.05) is 47.0 Å². The molecular weight excluding hydrogens is 577 g/mol. The van der Waals surface area contributed by atoms with Crippen LogP contribution in [0, 0.1) is 0 Å². The minimum absolute atomic E-state index is 0.231. The summed E-state index contributed by atoms with van der Waals surface area (Å²) in [6, 6.07) is 16.2. The van der Waals surface area contributed by atoms with E-state index in [1.165, 1.54) is 6.20 Å². The van der Waals surface area contributed by atoms with Crippen molar-refractivity contribution in [3.05, 3.63) is 84.8 Å². The standard InChI is InChI=1S/C29H29F3N10O2/c30-29(31,32)16-36-26(43)39-23-8-4-5-19(9-23)24-14-35-25-10-20(13-38-42(24)25)21(11-33)12-37-28(15-34)17-41(18-28)27(44)40-22-6-2-1-3-7-22/h1-14H,15-18,33-34H2,(H,40,44)(H2,36,39,43). The third kappa shape index (κ3) is 6.95. The summed E-state index contributed by atoms with van der Waals surface area (Å²) in [7, 11) is 0. The van der Waals surface area contributed by atoms with Crippen molar-refractivity contribution in [3.63, 3.8) is 0 Å². The summed E-state index contributed by atoms with van der Waals surface area (Å²) in [5, 5.41) is 11.5. The number of halogens is 3. The van der Waals surface area contributed by atoms with Crippen LogP contribution in [-0.2, 0) is 0 Å². The fourth-order valence-corrected chi connectivity index (χ4v) is 4.56. The Kier molecular flexibility index (Phi) is 8.48. The number of hydrogen-bond acceptors (Lipinski definition) is 7. The van der Waals surface area contributed by atoms with E-state index in [-0.39, 0.29) is 12.6 Å². The number of nitrogens with zero attached hydrogens (tertiary/aromatic N) is 5. The van der Waals surface area contributed by atoms with Crippen LogP contribution < -0.4 is 27.4 Å². The van der Waals surface area contributed by atoms with E-state index in [0.29, 0.717) is 52.5 Å². The molecule has 0 radical (unpaired) electrons. The first-order valence-corrected chi connectivity index (χ1v) is 13.4. The molecule has 12 nitrogen and oxygen atoms in total. The van der Waals surface area contributed by atoms with Gasteiger partial charge in [-0.2, -0.15) is 18.3 Å². The minimum Gasteiger partial charge on any atom is -0.404 e. The molecule has 0 spiro atoms. The largest absolute Gasteiger partial charge is 0.405 e. The van der Waals surface area contributed by atoms with E-state index in [4.69, 9.17) is 11.5 Å². The van der Waals surface area contributed by atoms with Crippen LogP contribution in [0.2, 0.25) is 0 Å². The van der Waals surface area contributed by atoms with Crippen molar-refractivity contribution in [3.8, 4) is 11.3 Å². The molecule has 1 fully saturated rings. The molecule has 2 aromatic heterocycles. The lowest BCUT2D eigenvalue weighted by Gasteiger charge is -2.46. The maximum Gasteiger partial charge on any atom is 0.405 e. The second-order valence-electron chi connectivity index (χ2n) is 10.1. The number of likely N-dealkylation sites (tertiary alicyclic amines) is 1. The number of alkyl halides is 3. The number of carbonyl (C=O) groups is 2. The molecule has 3 heterocycles. The minimum atomic E-state index is -4.52. The van der Waals surface area contributed by atoms with Crippen molar-refractivity contribution >= 4 is 40.9 Å². The molecule has 2 aromatic carbocycles. The van der Waals surface area contributed by atoms with Gasteiger partial charge in [0.2, 0.25) is 0 Å². The number of fused-ring (bicyclic) bond motifs is 1. The zero-order valence-corrected chi connectivity index (χ0v) is 23.3. The molecule has 0 saturated carbocycles. The van der Waals surface area contributed by atoms with E-state index in [0.717, 1.165) is 0 Å². The highest BCUT2D eigenvalue weighted by atomic mass is 19.4. The highest BCUT2D eigenvalue weighted by Crippen LogP contribution is 2.27. The van der Waals surface area contributed by atoms with Gasteiger partial charge < -0.3 is 32.3 Å². The number of nitrogens with two attached hydrogens (primary N) is 2. The average Bonchev–Trinajstić information content (AvgIpc) is 3.41. The Hall–Kier alpha value is -5.44. The van der Waals surface area contributed by atoms with Crippen molar-refractivity contribution < 1.29 is 22.8 Å². The van der Waals surface area contributed by atoms with Gasteiger partial charge in [-0.15, -0.1) is 0 Å². The predicted octanol–water partition coefficient (Wildman–Crippen LogP) is 3.70. The quantitative estimate of drug-likeness (QED) is 0.192. The van der Waals surface area contributed by atoms with Crippen molar-refractivity contribution in [2.24, 2.45) is 16.5 Å². The highest BCUT2D eigenvalue weighted by molar-refractivity contribution is 6.10. The Labute approximate surface area is 249 Å². The van der Waals surface area contributed by atoms with Gasteiger partial charge in [-0.1, -0.05) is 30.3 Å².